The molecule has 0 aliphatic carbocycles. The zero-order valence-corrected chi connectivity index (χ0v) is 18.0. The van der Waals surface area contributed by atoms with Crippen LogP contribution in [-0.4, -0.2) is 33.1 Å². The third-order valence-corrected chi connectivity index (χ3v) is 5.04. The molecule has 0 saturated carbocycles. The Kier molecular flexibility index (Phi) is 6.30. The maximum atomic E-state index is 13.0. The fourth-order valence-corrected chi connectivity index (χ4v) is 3.40. The van der Waals surface area contributed by atoms with E-state index in [1.807, 2.05) is 44.2 Å². The van der Waals surface area contributed by atoms with Crippen LogP contribution < -0.4 is 10.6 Å². The van der Waals surface area contributed by atoms with Gasteiger partial charge in [0.2, 0.25) is 5.91 Å². The molecular weight excluding hydrogens is 406 g/mol. The normalized spacial score (nSPS) is 11.1. The summed E-state index contributed by atoms with van der Waals surface area (Å²) in [6, 6.07) is 15.0. The van der Waals surface area contributed by atoms with Crippen molar-refractivity contribution in [3.05, 3.63) is 72.1 Å². The van der Waals surface area contributed by atoms with E-state index >= 15 is 0 Å². The van der Waals surface area contributed by atoms with Crippen LogP contribution in [0.4, 0.5) is 0 Å². The number of amides is 2. The smallest absolute Gasteiger partial charge is 0.252 e. The van der Waals surface area contributed by atoms with E-state index in [1.54, 1.807) is 35.3 Å². The van der Waals surface area contributed by atoms with E-state index in [-0.39, 0.29) is 30.8 Å². The second-order valence-corrected chi connectivity index (χ2v) is 7.72. The lowest BCUT2D eigenvalue weighted by molar-refractivity contribution is -0.121. The monoisotopic (exact) mass is 431 g/mol. The van der Waals surface area contributed by atoms with Gasteiger partial charge in [-0.25, -0.2) is 9.67 Å². The van der Waals surface area contributed by atoms with Gasteiger partial charge in [-0.15, -0.1) is 0 Å². The van der Waals surface area contributed by atoms with Gasteiger partial charge in [0, 0.05) is 25.6 Å². The molecule has 0 aliphatic heterocycles. The highest BCUT2D eigenvalue weighted by Gasteiger charge is 2.19. The summed E-state index contributed by atoms with van der Waals surface area (Å²) >= 11 is 0. The fourth-order valence-electron chi connectivity index (χ4n) is 3.40. The minimum absolute atomic E-state index is 0.0797. The van der Waals surface area contributed by atoms with Crippen LogP contribution in [0.1, 0.15) is 42.2 Å². The topological polar surface area (TPSA) is 102 Å². The van der Waals surface area contributed by atoms with Crippen LogP contribution in [0.3, 0.4) is 0 Å². The first kappa shape index (κ1) is 21.3. The van der Waals surface area contributed by atoms with Crippen molar-refractivity contribution in [2.45, 2.75) is 32.9 Å². The molecule has 0 atom stereocenters. The number of hydrogen-bond acceptors (Lipinski definition) is 5. The highest BCUT2D eigenvalue weighted by Crippen LogP contribution is 2.26. The molecule has 2 amide bonds. The Hall–Kier alpha value is -3.94. The van der Waals surface area contributed by atoms with Gasteiger partial charge in [-0.1, -0.05) is 30.3 Å². The summed E-state index contributed by atoms with van der Waals surface area (Å²) < 4.78 is 7.25. The standard InChI is InChI=1S/C24H25N5O3/c1-16(2)29-23-19(15-27-29)18(13-20(28-23)21-9-6-12-32-21)24(31)25-11-10-22(30)26-14-17-7-4-3-5-8-17/h3-9,12-13,15-16H,10-11,14H2,1-2H3,(H,25,31)(H,26,30). The zero-order chi connectivity index (χ0) is 22.5. The number of aromatic nitrogens is 3. The van der Waals surface area contributed by atoms with Crippen LogP contribution in [0.2, 0.25) is 0 Å². The number of carbonyl (C=O) groups is 2. The quantitative estimate of drug-likeness (QED) is 0.443. The molecule has 1 aromatic carbocycles. The van der Waals surface area contributed by atoms with Crippen LogP contribution in [0.15, 0.2) is 65.4 Å². The first-order chi connectivity index (χ1) is 15.5. The van der Waals surface area contributed by atoms with E-state index in [0.29, 0.717) is 34.6 Å². The maximum Gasteiger partial charge on any atom is 0.252 e. The van der Waals surface area contributed by atoms with E-state index < -0.39 is 0 Å². The van der Waals surface area contributed by atoms with Crippen molar-refractivity contribution < 1.29 is 14.0 Å². The Morgan fingerprint density at radius 3 is 2.62 bits per heavy atom. The summed E-state index contributed by atoms with van der Waals surface area (Å²) in [5.41, 5.74) is 2.63. The molecule has 0 fully saturated rings. The molecule has 0 spiro atoms. The Labute approximate surface area is 185 Å². The summed E-state index contributed by atoms with van der Waals surface area (Å²) in [6.07, 6.45) is 3.40. The Morgan fingerprint density at radius 2 is 1.91 bits per heavy atom. The first-order valence-electron chi connectivity index (χ1n) is 10.5. The molecule has 2 N–H and O–H groups in total. The Morgan fingerprint density at radius 1 is 1.09 bits per heavy atom. The van der Waals surface area contributed by atoms with Crippen molar-refractivity contribution in [3.8, 4) is 11.5 Å². The minimum Gasteiger partial charge on any atom is -0.463 e. The van der Waals surface area contributed by atoms with E-state index in [9.17, 15) is 9.59 Å². The summed E-state index contributed by atoms with van der Waals surface area (Å²) in [7, 11) is 0. The lowest BCUT2D eigenvalue weighted by Gasteiger charge is -2.10. The number of rotatable bonds is 8. The molecule has 0 aliphatic rings. The third kappa shape index (κ3) is 4.69. The Balaban J connectivity index is 1.46. The van der Waals surface area contributed by atoms with Crippen molar-refractivity contribution in [3.63, 3.8) is 0 Å². The Bertz CT molecular complexity index is 1210. The molecule has 4 aromatic rings. The second-order valence-electron chi connectivity index (χ2n) is 7.72. The average Bonchev–Trinajstić information content (AvgIpc) is 3.47. The number of pyridine rings is 1. The number of nitrogens with zero attached hydrogens (tertiary/aromatic N) is 3. The van der Waals surface area contributed by atoms with Crippen LogP contribution in [0.25, 0.3) is 22.5 Å². The summed E-state index contributed by atoms with van der Waals surface area (Å²) in [4.78, 5) is 29.8. The largest absolute Gasteiger partial charge is 0.463 e. The van der Waals surface area contributed by atoms with Gasteiger partial charge >= 0.3 is 0 Å². The lowest BCUT2D eigenvalue weighted by atomic mass is 10.1. The first-order valence-corrected chi connectivity index (χ1v) is 10.5. The molecule has 3 aromatic heterocycles. The predicted octanol–water partition coefficient (Wildman–Crippen LogP) is 3.71. The van der Waals surface area contributed by atoms with Crippen LogP contribution in [0.5, 0.6) is 0 Å². The van der Waals surface area contributed by atoms with Gasteiger partial charge in [0.25, 0.3) is 5.91 Å². The number of benzene rings is 1. The molecule has 164 valence electrons. The molecule has 0 bridgehead atoms. The highest BCUT2D eigenvalue weighted by atomic mass is 16.3. The van der Waals surface area contributed by atoms with E-state index in [0.717, 1.165) is 5.56 Å². The van der Waals surface area contributed by atoms with Gasteiger partial charge in [-0.05, 0) is 37.6 Å². The van der Waals surface area contributed by atoms with Crippen molar-refractivity contribution in [1.82, 2.24) is 25.4 Å². The van der Waals surface area contributed by atoms with Gasteiger partial charge in [-0.2, -0.15) is 5.10 Å². The van der Waals surface area contributed by atoms with E-state index in [2.05, 4.69) is 20.7 Å². The molecule has 32 heavy (non-hydrogen) atoms. The number of fused-ring (bicyclic) bond motifs is 1. The SMILES string of the molecule is CC(C)n1ncc2c(C(=O)NCCC(=O)NCc3ccccc3)cc(-c3ccco3)nc21. The number of furan rings is 1. The summed E-state index contributed by atoms with van der Waals surface area (Å²) in [5, 5.41) is 10.7. The summed E-state index contributed by atoms with van der Waals surface area (Å²) in [5.74, 6) is 0.153. The van der Waals surface area contributed by atoms with Gasteiger partial charge in [0.15, 0.2) is 11.4 Å². The van der Waals surface area contributed by atoms with E-state index in [1.165, 1.54) is 0 Å². The van der Waals surface area contributed by atoms with Gasteiger partial charge in [0.05, 0.1) is 23.4 Å². The van der Waals surface area contributed by atoms with Crippen LogP contribution >= 0.6 is 0 Å². The molecule has 0 saturated heterocycles. The molecular formula is C24H25N5O3. The van der Waals surface area contributed by atoms with Crippen molar-refractivity contribution in [1.29, 1.82) is 0 Å². The van der Waals surface area contributed by atoms with Crippen molar-refractivity contribution >= 4 is 22.8 Å². The number of hydrogen-bond donors (Lipinski definition) is 2. The molecule has 0 unspecified atom stereocenters. The van der Waals surface area contributed by atoms with Crippen molar-refractivity contribution in [2.24, 2.45) is 0 Å². The third-order valence-electron chi connectivity index (χ3n) is 5.04. The van der Waals surface area contributed by atoms with E-state index in [4.69, 9.17) is 4.42 Å². The molecule has 0 radical (unpaired) electrons. The number of carbonyl (C=O) groups excluding carboxylic acids is 2. The van der Waals surface area contributed by atoms with Crippen molar-refractivity contribution in [2.75, 3.05) is 6.54 Å². The second kappa shape index (κ2) is 9.47. The maximum absolute atomic E-state index is 13.0. The molecule has 4 rings (SSSR count). The lowest BCUT2D eigenvalue weighted by Crippen LogP contribution is -2.30. The number of nitrogens with one attached hydrogen (secondary N) is 2. The zero-order valence-electron chi connectivity index (χ0n) is 18.0. The summed E-state index contributed by atoms with van der Waals surface area (Å²) in [6.45, 7) is 4.68. The average molecular weight is 431 g/mol. The predicted molar refractivity (Wildman–Crippen MR) is 121 cm³/mol. The molecule has 3 heterocycles. The molecule has 8 heteroatoms. The minimum atomic E-state index is -0.288. The van der Waals surface area contributed by atoms with Gasteiger partial charge in [0.1, 0.15) is 5.69 Å². The van der Waals surface area contributed by atoms with Gasteiger partial charge in [-0.3, -0.25) is 9.59 Å². The highest BCUT2D eigenvalue weighted by molar-refractivity contribution is 6.06. The van der Waals surface area contributed by atoms with Crippen LogP contribution in [-0.2, 0) is 11.3 Å². The fraction of sp³-hybridized carbons (Fsp3) is 0.250. The molecule has 8 nitrogen and oxygen atoms in total. The van der Waals surface area contributed by atoms with Crippen LogP contribution in [0, 0.1) is 0 Å². The van der Waals surface area contributed by atoms with Gasteiger partial charge < -0.3 is 15.1 Å².